The molecule has 0 saturated carbocycles. The zero-order chi connectivity index (χ0) is 15.6. The van der Waals surface area contributed by atoms with Crippen molar-refractivity contribution < 1.29 is 14.1 Å². The maximum absolute atomic E-state index is 13.3. The number of benzene rings is 1. The van der Waals surface area contributed by atoms with Crippen LogP contribution in [0.2, 0.25) is 0 Å². The standard InChI is InChI=1S/C11H11FN6O3/c1-17-5-15-9(16-17)4-14-11(19)7-2-6(12)3-8(10(7)13)18(20)21/h2-3,5H,4,13H2,1H3,(H,14,19). The third-order valence-electron chi connectivity index (χ3n) is 2.62. The van der Waals surface area contributed by atoms with Gasteiger partial charge >= 0.3 is 0 Å². The van der Waals surface area contributed by atoms with E-state index >= 15 is 0 Å². The highest BCUT2D eigenvalue weighted by molar-refractivity contribution is 6.00. The van der Waals surface area contributed by atoms with Crippen LogP contribution < -0.4 is 11.1 Å². The summed E-state index contributed by atoms with van der Waals surface area (Å²) in [6, 6.07) is 1.50. The van der Waals surface area contributed by atoms with Crippen LogP contribution in [0.5, 0.6) is 0 Å². The average molecular weight is 294 g/mol. The second-order valence-corrected chi connectivity index (χ2v) is 4.16. The largest absolute Gasteiger partial charge is 0.393 e. The van der Waals surface area contributed by atoms with Gasteiger partial charge in [-0.05, 0) is 6.07 Å². The molecule has 2 aromatic rings. The molecule has 0 bridgehead atoms. The van der Waals surface area contributed by atoms with Crippen LogP contribution in [0.1, 0.15) is 16.2 Å². The third kappa shape index (κ3) is 3.11. The van der Waals surface area contributed by atoms with Gasteiger partial charge in [0.05, 0.1) is 23.1 Å². The molecule has 21 heavy (non-hydrogen) atoms. The van der Waals surface area contributed by atoms with Crippen LogP contribution in [0.25, 0.3) is 0 Å². The molecule has 1 aromatic carbocycles. The van der Waals surface area contributed by atoms with Gasteiger partial charge in [0.25, 0.3) is 11.6 Å². The van der Waals surface area contributed by atoms with E-state index in [0.717, 1.165) is 6.07 Å². The predicted molar refractivity (Wildman–Crippen MR) is 69.6 cm³/mol. The summed E-state index contributed by atoms with van der Waals surface area (Å²) in [5.74, 6) is -1.32. The van der Waals surface area contributed by atoms with Crippen molar-refractivity contribution in [1.29, 1.82) is 0 Å². The molecule has 0 aliphatic rings. The van der Waals surface area contributed by atoms with Gasteiger partial charge < -0.3 is 11.1 Å². The number of hydrogen-bond donors (Lipinski definition) is 2. The molecule has 1 heterocycles. The number of nitro benzene ring substituents is 1. The van der Waals surface area contributed by atoms with E-state index in [0.29, 0.717) is 11.9 Å². The second-order valence-electron chi connectivity index (χ2n) is 4.16. The maximum atomic E-state index is 13.3. The van der Waals surface area contributed by atoms with E-state index in [2.05, 4.69) is 15.4 Å². The number of anilines is 1. The van der Waals surface area contributed by atoms with Crippen molar-refractivity contribution in [1.82, 2.24) is 20.1 Å². The van der Waals surface area contributed by atoms with E-state index in [1.54, 1.807) is 7.05 Å². The zero-order valence-corrected chi connectivity index (χ0v) is 10.9. The van der Waals surface area contributed by atoms with Gasteiger partial charge in [0.2, 0.25) is 0 Å². The fraction of sp³-hybridized carbons (Fsp3) is 0.182. The molecule has 1 aromatic heterocycles. The van der Waals surface area contributed by atoms with Gasteiger partial charge in [0.15, 0.2) is 5.82 Å². The number of nitrogen functional groups attached to an aromatic ring is 1. The molecular formula is C11H11FN6O3. The van der Waals surface area contributed by atoms with Crippen LogP contribution in [0.4, 0.5) is 15.8 Å². The SMILES string of the molecule is Cn1cnc(CNC(=O)c2cc(F)cc([N+](=O)[O-])c2N)n1. The van der Waals surface area contributed by atoms with E-state index < -0.39 is 28.0 Å². The Labute approximate surface area is 117 Å². The Morgan fingerprint density at radius 1 is 1.57 bits per heavy atom. The van der Waals surface area contributed by atoms with Gasteiger partial charge in [0.1, 0.15) is 17.8 Å². The van der Waals surface area contributed by atoms with E-state index in [1.165, 1.54) is 11.0 Å². The molecular weight excluding hydrogens is 283 g/mol. The number of amides is 1. The normalized spacial score (nSPS) is 10.4. The summed E-state index contributed by atoms with van der Waals surface area (Å²) in [6.07, 6.45) is 1.45. The number of carbonyl (C=O) groups is 1. The molecule has 1 amide bonds. The molecule has 0 unspecified atom stereocenters. The smallest absolute Gasteiger partial charge is 0.295 e. The molecule has 9 nitrogen and oxygen atoms in total. The van der Waals surface area contributed by atoms with Crippen molar-refractivity contribution in [3.63, 3.8) is 0 Å². The number of nitrogens with two attached hydrogens (primary N) is 1. The van der Waals surface area contributed by atoms with E-state index in [9.17, 15) is 19.3 Å². The Morgan fingerprint density at radius 2 is 2.29 bits per heavy atom. The highest BCUT2D eigenvalue weighted by atomic mass is 19.1. The van der Waals surface area contributed by atoms with E-state index in [4.69, 9.17) is 5.73 Å². The number of carbonyl (C=O) groups excluding carboxylic acids is 1. The van der Waals surface area contributed by atoms with Gasteiger partial charge in [-0.15, -0.1) is 0 Å². The lowest BCUT2D eigenvalue weighted by molar-refractivity contribution is -0.384. The van der Waals surface area contributed by atoms with Crippen molar-refractivity contribution in [3.8, 4) is 0 Å². The molecule has 10 heteroatoms. The summed E-state index contributed by atoms with van der Waals surface area (Å²) < 4.78 is 14.8. The first-order valence-electron chi connectivity index (χ1n) is 5.74. The van der Waals surface area contributed by atoms with Gasteiger partial charge in [-0.1, -0.05) is 0 Å². The van der Waals surface area contributed by atoms with Crippen LogP contribution in [0.15, 0.2) is 18.5 Å². The topological polar surface area (TPSA) is 129 Å². The van der Waals surface area contributed by atoms with E-state index in [-0.39, 0.29) is 12.1 Å². The lowest BCUT2D eigenvalue weighted by atomic mass is 10.1. The van der Waals surface area contributed by atoms with Crippen molar-refractivity contribution in [2.24, 2.45) is 7.05 Å². The monoisotopic (exact) mass is 294 g/mol. The molecule has 2 rings (SSSR count). The fourth-order valence-corrected chi connectivity index (χ4v) is 1.66. The average Bonchev–Trinajstić information content (AvgIpc) is 2.83. The maximum Gasteiger partial charge on any atom is 0.295 e. The number of rotatable bonds is 4. The minimum Gasteiger partial charge on any atom is -0.393 e. The number of nitrogens with one attached hydrogen (secondary N) is 1. The van der Waals surface area contributed by atoms with Gasteiger partial charge in [0, 0.05) is 7.05 Å². The van der Waals surface area contributed by atoms with Crippen LogP contribution in [0.3, 0.4) is 0 Å². The fourth-order valence-electron chi connectivity index (χ4n) is 1.66. The van der Waals surface area contributed by atoms with Crippen molar-refractivity contribution in [3.05, 3.63) is 45.8 Å². The van der Waals surface area contributed by atoms with Gasteiger partial charge in [-0.2, -0.15) is 5.10 Å². The Morgan fingerprint density at radius 3 is 2.86 bits per heavy atom. The summed E-state index contributed by atoms with van der Waals surface area (Å²) in [7, 11) is 1.66. The lowest BCUT2D eigenvalue weighted by Gasteiger charge is -2.06. The van der Waals surface area contributed by atoms with Crippen LogP contribution in [-0.2, 0) is 13.6 Å². The number of nitro groups is 1. The molecule has 0 fully saturated rings. The Bertz CT molecular complexity index is 714. The third-order valence-corrected chi connectivity index (χ3v) is 2.62. The van der Waals surface area contributed by atoms with Crippen molar-refractivity contribution >= 4 is 17.3 Å². The molecule has 0 aliphatic heterocycles. The Kier molecular flexibility index (Phi) is 3.78. The quantitative estimate of drug-likeness (QED) is 0.476. The summed E-state index contributed by atoms with van der Waals surface area (Å²) in [5, 5.41) is 17.1. The first-order chi connectivity index (χ1) is 9.88. The number of aromatic nitrogens is 3. The first kappa shape index (κ1) is 14.4. The summed E-state index contributed by atoms with van der Waals surface area (Å²) in [5.41, 5.74) is 4.16. The predicted octanol–water partition coefficient (Wildman–Crippen LogP) is 0.375. The van der Waals surface area contributed by atoms with Crippen LogP contribution in [-0.4, -0.2) is 25.6 Å². The highest BCUT2D eigenvalue weighted by Crippen LogP contribution is 2.26. The zero-order valence-electron chi connectivity index (χ0n) is 10.9. The molecule has 3 N–H and O–H groups in total. The summed E-state index contributed by atoms with van der Waals surface area (Å²) in [4.78, 5) is 25.7. The minimum atomic E-state index is -0.919. The first-order valence-corrected chi connectivity index (χ1v) is 5.74. The molecule has 110 valence electrons. The van der Waals surface area contributed by atoms with Crippen LogP contribution >= 0.6 is 0 Å². The minimum absolute atomic E-state index is 0.0105. The van der Waals surface area contributed by atoms with Crippen molar-refractivity contribution in [2.75, 3.05) is 5.73 Å². The molecule has 0 spiro atoms. The Hall–Kier alpha value is -3.04. The number of hydrogen-bond acceptors (Lipinski definition) is 6. The molecule has 0 aliphatic carbocycles. The lowest BCUT2D eigenvalue weighted by Crippen LogP contribution is -2.25. The molecule has 0 radical (unpaired) electrons. The number of nitrogens with zero attached hydrogens (tertiary/aromatic N) is 4. The van der Waals surface area contributed by atoms with Crippen molar-refractivity contribution in [2.45, 2.75) is 6.54 Å². The number of halogens is 1. The van der Waals surface area contributed by atoms with Gasteiger partial charge in [-0.3, -0.25) is 19.6 Å². The highest BCUT2D eigenvalue weighted by Gasteiger charge is 2.21. The molecule has 0 saturated heterocycles. The molecule has 0 atom stereocenters. The van der Waals surface area contributed by atoms with E-state index in [1.807, 2.05) is 0 Å². The summed E-state index contributed by atoms with van der Waals surface area (Å²) >= 11 is 0. The van der Waals surface area contributed by atoms with Gasteiger partial charge in [-0.25, -0.2) is 9.37 Å². The second kappa shape index (κ2) is 5.53. The Balaban J connectivity index is 2.21. The summed E-state index contributed by atoms with van der Waals surface area (Å²) in [6.45, 7) is -0.0105. The van der Waals surface area contributed by atoms with Crippen LogP contribution in [0, 0.1) is 15.9 Å². The number of aryl methyl sites for hydroxylation is 1.